The van der Waals surface area contributed by atoms with E-state index in [9.17, 15) is 4.79 Å². The Bertz CT molecular complexity index is 586. The number of rotatable bonds is 9. The van der Waals surface area contributed by atoms with Gasteiger partial charge >= 0.3 is 0 Å². The van der Waals surface area contributed by atoms with Crippen molar-refractivity contribution in [1.29, 1.82) is 0 Å². The van der Waals surface area contributed by atoms with Gasteiger partial charge in [0.2, 0.25) is 5.91 Å². The molecule has 6 nitrogen and oxygen atoms in total. The number of thiophene rings is 1. The quantitative estimate of drug-likeness (QED) is 0.392. The Morgan fingerprint density at radius 2 is 2.27 bits per heavy atom. The van der Waals surface area contributed by atoms with E-state index in [1.807, 2.05) is 11.8 Å². The first-order chi connectivity index (χ1) is 12.6. The number of guanidine groups is 1. The van der Waals surface area contributed by atoms with Gasteiger partial charge in [-0.15, -0.1) is 11.3 Å². The number of carbonyl (C=O) groups is 1. The predicted octanol–water partition coefficient (Wildman–Crippen LogP) is 2.25. The normalized spacial score (nSPS) is 14.5. The molecular formula is C19H32N4O2S. The topological polar surface area (TPSA) is 66.0 Å². The molecule has 0 saturated heterocycles. The summed E-state index contributed by atoms with van der Waals surface area (Å²) < 4.78 is 5.58. The molecule has 0 bridgehead atoms. The van der Waals surface area contributed by atoms with Crippen LogP contribution in [0.4, 0.5) is 0 Å². The largest absolute Gasteiger partial charge is 0.381 e. The van der Waals surface area contributed by atoms with Crippen LogP contribution in [-0.4, -0.2) is 56.2 Å². The third kappa shape index (κ3) is 6.96. The third-order valence-corrected chi connectivity index (χ3v) is 5.11. The van der Waals surface area contributed by atoms with E-state index < -0.39 is 0 Å². The van der Waals surface area contributed by atoms with Gasteiger partial charge < -0.3 is 20.3 Å². The monoisotopic (exact) mass is 380 g/mol. The molecule has 0 fully saturated rings. The molecule has 26 heavy (non-hydrogen) atoms. The maximum atomic E-state index is 12.5. The molecule has 0 aliphatic carbocycles. The zero-order chi connectivity index (χ0) is 18.8. The molecule has 2 heterocycles. The molecule has 0 unspecified atom stereocenters. The van der Waals surface area contributed by atoms with Crippen LogP contribution in [0.2, 0.25) is 0 Å². The number of hydrogen-bond donors (Lipinski definition) is 2. The van der Waals surface area contributed by atoms with Gasteiger partial charge in [0.15, 0.2) is 5.96 Å². The minimum absolute atomic E-state index is 0.0827. The van der Waals surface area contributed by atoms with Crippen molar-refractivity contribution >= 4 is 23.2 Å². The van der Waals surface area contributed by atoms with Crippen LogP contribution in [0.5, 0.6) is 0 Å². The number of amides is 1. The zero-order valence-corrected chi connectivity index (χ0v) is 17.0. The lowest BCUT2D eigenvalue weighted by Crippen LogP contribution is -2.40. The summed E-state index contributed by atoms with van der Waals surface area (Å²) in [6.07, 6.45) is 1.87. The second kappa shape index (κ2) is 11.2. The van der Waals surface area contributed by atoms with Crippen LogP contribution >= 0.6 is 11.3 Å². The van der Waals surface area contributed by atoms with Gasteiger partial charge in [0.25, 0.3) is 0 Å². The van der Waals surface area contributed by atoms with Crippen LogP contribution in [0.25, 0.3) is 0 Å². The third-order valence-electron chi connectivity index (χ3n) is 4.09. The van der Waals surface area contributed by atoms with Crippen molar-refractivity contribution in [3.8, 4) is 0 Å². The molecule has 0 atom stereocenters. The fourth-order valence-corrected chi connectivity index (χ4v) is 3.64. The van der Waals surface area contributed by atoms with Gasteiger partial charge in [-0.3, -0.25) is 4.79 Å². The van der Waals surface area contributed by atoms with Gasteiger partial charge in [0, 0.05) is 44.3 Å². The Morgan fingerprint density at radius 1 is 1.42 bits per heavy atom. The number of nitrogens with zero attached hydrogens (tertiary/aromatic N) is 2. The van der Waals surface area contributed by atoms with Crippen LogP contribution in [0, 0.1) is 5.92 Å². The summed E-state index contributed by atoms with van der Waals surface area (Å²) in [4.78, 5) is 20.2. The van der Waals surface area contributed by atoms with E-state index in [1.54, 1.807) is 11.3 Å². The summed E-state index contributed by atoms with van der Waals surface area (Å²) in [6, 6.07) is 2.12. The fraction of sp³-hybridized carbons (Fsp3) is 0.684. The number of ether oxygens (including phenoxy) is 1. The zero-order valence-electron chi connectivity index (χ0n) is 16.2. The molecule has 0 saturated carbocycles. The second-order valence-electron chi connectivity index (χ2n) is 6.88. The van der Waals surface area contributed by atoms with Gasteiger partial charge in [-0.25, -0.2) is 4.99 Å². The number of aliphatic imine (C=N–C) groups is 1. The van der Waals surface area contributed by atoms with Crippen LogP contribution in [-0.2, 0) is 22.5 Å². The van der Waals surface area contributed by atoms with Gasteiger partial charge in [-0.1, -0.05) is 13.8 Å². The molecule has 0 spiro atoms. The first-order valence-electron chi connectivity index (χ1n) is 9.53. The second-order valence-corrected chi connectivity index (χ2v) is 7.88. The minimum Gasteiger partial charge on any atom is -0.381 e. The number of carbonyl (C=O) groups excluding carboxylic acids is 1. The van der Waals surface area contributed by atoms with Crippen molar-refractivity contribution in [3.63, 3.8) is 0 Å². The summed E-state index contributed by atoms with van der Waals surface area (Å²) in [5.74, 6) is 1.34. The first-order valence-corrected chi connectivity index (χ1v) is 10.4. The summed E-state index contributed by atoms with van der Waals surface area (Å²) in [6.45, 7) is 11.1. The first kappa shape index (κ1) is 20.7. The Kier molecular flexibility index (Phi) is 8.91. The van der Waals surface area contributed by atoms with Gasteiger partial charge in [0.1, 0.15) is 6.54 Å². The lowest BCUT2D eigenvalue weighted by atomic mass is 10.1. The van der Waals surface area contributed by atoms with E-state index in [2.05, 4.69) is 40.9 Å². The molecule has 1 aliphatic heterocycles. The molecule has 7 heteroatoms. The molecule has 0 radical (unpaired) electrons. The highest BCUT2D eigenvalue weighted by atomic mass is 32.1. The van der Waals surface area contributed by atoms with Gasteiger partial charge in [-0.05, 0) is 42.7 Å². The van der Waals surface area contributed by atoms with Gasteiger partial charge in [0.05, 0.1) is 0 Å². The summed E-state index contributed by atoms with van der Waals surface area (Å²) in [7, 11) is 0. The minimum atomic E-state index is 0.0827. The van der Waals surface area contributed by atoms with Crippen molar-refractivity contribution < 1.29 is 9.53 Å². The Labute approximate surface area is 161 Å². The van der Waals surface area contributed by atoms with Crippen molar-refractivity contribution in [1.82, 2.24) is 15.5 Å². The molecule has 0 aromatic carbocycles. The average Bonchev–Trinajstić information content (AvgIpc) is 3.09. The maximum Gasteiger partial charge on any atom is 0.244 e. The molecule has 2 N–H and O–H groups in total. The highest BCUT2D eigenvalue weighted by Crippen LogP contribution is 2.23. The summed E-state index contributed by atoms with van der Waals surface area (Å²) in [5, 5.41) is 8.56. The highest BCUT2D eigenvalue weighted by Gasteiger charge is 2.21. The van der Waals surface area contributed by atoms with Crippen LogP contribution in [0.1, 0.15) is 37.6 Å². The molecular weight excluding hydrogens is 348 g/mol. The number of fused-ring (bicyclic) bond motifs is 1. The molecule has 2 rings (SSSR count). The fourth-order valence-electron chi connectivity index (χ4n) is 2.75. The molecule has 1 aromatic heterocycles. The van der Waals surface area contributed by atoms with E-state index in [0.717, 1.165) is 45.7 Å². The number of nitrogens with one attached hydrogen (secondary N) is 2. The van der Waals surface area contributed by atoms with Crippen molar-refractivity contribution in [2.75, 3.05) is 39.4 Å². The lowest BCUT2D eigenvalue weighted by molar-refractivity contribution is -0.130. The van der Waals surface area contributed by atoms with Crippen LogP contribution < -0.4 is 10.6 Å². The van der Waals surface area contributed by atoms with Crippen LogP contribution in [0.15, 0.2) is 16.4 Å². The van der Waals surface area contributed by atoms with E-state index in [1.165, 1.54) is 10.4 Å². The summed E-state index contributed by atoms with van der Waals surface area (Å²) >= 11 is 1.78. The highest BCUT2D eigenvalue weighted by molar-refractivity contribution is 7.10. The Hall–Kier alpha value is -1.60. The lowest BCUT2D eigenvalue weighted by Gasteiger charge is -2.26. The Balaban J connectivity index is 1.72. The van der Waals surface area contributed by atoms with Crippen molar-refractivity contribution in [2.45, 2.75) is 40.2 Å². The van der Waals surface area contributed by atoms with E-state index in [-0.39, 0.29) is 12.5 Å². The predicted molar refractivity (Wildman–Crippen MR) is 108 cm³/mol. The maximum absolute atomic E-state index is 12.5. The van der Waals surface area contributed by atoms with Gasteiger partial charge in [-0.2, -0.15) is 0 Å². The SMILES string of the molecule is CCNC(=NCC(=O)N1CCc2sccc2C1)NCCCOCC(C)C. The van der Waals surface area contributed by atoms with Crippen molar-refractivity contribution in [3.05, 3.63) is 21.9 Å². The molecule has 1 aromatic rings. The van der Waals surface area contributed by atoms with E-state index in [0.29, 0.717) is 18.4 Å². The standard InChI is InChI=1S/C19H32N4O2S/c1-4-20-19(21-8-5-10-25-14-15(2)3)22-12-18(24)23-9-6-17-16(13-23)7-11-26-17/h7,11,15H,4-6,8-10,12-14H2,1-3H3,(H2,20,21,22). The van der Waals surface area contributed by atoms with E-state index >= 15 is 0 Å². The molecule has 1 amide bonds. The smallest absolute Gasteiger partial charge is 0.244 e. The molecule has 1 aliphatic rings. The van der Waals surface area contributed by atoms with E-state index in [4.69, 9.17) is 4.74 Å². The van der Waals surface area contributed by atoms with Crippen LogP contribution in [0.3, 0.4) is 0 Å². The average molecular weight is 381 g/mol. The Morgan fingerprint density at radius 3 is 3.04 bits per heavy atom. The summed E-state index contributed by atoms with van der Waals surface area (Å²) in [5.41, 5.74) is 1.28. The number of hydrogen-bond acceptors (Lipinski definition) is 4. The van der Waals surface area contributed by atoms with Crippen molar-refractivity contribution in [2.24, 2.45) is 10.9 Å². The molecule has 146 valence electrons.